The van der Waals surface area contributed by atoms with Crippen molar-refractivity contribution in [2.24, 2.45) is 0 Å². The summed E-state index contributed by atoms with van der Waals surface area (Å²) in [5.41, 5.74) is 1.46. The number of carboxylic acids is 1. The van der Waals surface area contributed by atoms with Crippen molar-refractivity contribution < 1.29 is 28.9 Å². The van der Waals surface area contributed by atoms with Crippen molar-refractivity contribution in [2.75, 3.05) is 13.2 Å². The molecule has 0 aliphatic heterocycles. The number of carbonyl (C=O) groups is 1. The van der Waals surface area contributed by atoms with Crippen LogP contribution in [-0.2, 0) is 4.79 Å². The Kier molecular flexibility index (Phi) is 7.26. The SMILES string of the molecule is CC(C)=CCC/C(C)=C/COc1c(O)c2cccc(OCC(=O)O)c2oc1=O. The molecule has 2 aromatic rings. The first-order chi connectivity index (χ1) is 13.3. The Bertz CT molecular complexity index is 963. The van der Waals surface area contributed by atoms with Crippen molar-refractivity contribution in [1.29, 1.82) is 0 Å². The summed E-state index contributed by atoms with van der Waals surface area (Å²) in [6, 6.07) is 4.53. The van der Waals surface area contributed by atoms with E-state index in [1.54, 1.807) is 6.07 Å². The quantitative estimate of drug-likeness (QED) is 0.493. The Morgan fingerprint density at radius 1 is 1.18 bits per heavy atom. The number of fused-ring (bicyclic) bond motifs is 1. The van der Waals surface area contributed by atoms with Gasteiger partial charge in [-0.2, -0.15) is 0 Å². The fraction of sp³-hybridized carbons (Fsp3) is 0.333. The lowest BCUT2D eigenvalue weighted by molar-refractivity contribution is -0.139. The van der Waals surface area contributed by atoms with Crippen LogP contribution in [0, 0.1) is 0 Å². The molecule has 2 N–H and O–H groups in total. The summed E-state index contributed by atoms with van der Waals surface area (Å²) in [5, 5.41) is 19.3. The zero-order valence-corrected chi connectivity index (χ0v) is 16.2. The molecule has 0 fully saturated rings. The molecule has 0 bridgehead atoms. The number of allylic oxidation sites excluding steroid dienone is 3. The lowest BCUT2D eigenvalue weighted by atomic mass is 10.1. The van der Waals surface area contributed by atoms with Gasteiger partial charge >= 0.3 is 11.6 Å². The van der Waals surface area contributed by atoms with E-state index >= 15 is 0 Å². The molecule has 0 aliphatic carbocycles. The van der Waals surface area contributed by atoms with Gasteiger partial charge in [0.05, 0.1) is 5.39 Å². The van der Waals surface area contributed by atoms with Crippen LogP contribution in [0.3, 0.4) is 0 Å². The first kappa shape index (κ1) is 21.1. The van der Waals surface area contributed by atoms with Crippen LogP contribution in [0.4, 0.5) is 0 Å². The largest absolute Gasteiger partial charge is 0.504 e. The number of ether oxygens (including phenoxy) is 2. The fourth-order valence-corrected chi connectivity index (χ4v) is 2.50. The Balaban J connectivity index is 2.19. The van der Waals surface area contributed by atoms with Gasteiger partial charge < -0.3 is 24.1 Å². The highest BCUT2D eigenvalue weighted by Crippen LogP contribution is 2.35. The molecule has 1 heterocycles. The van der Waals surface area contributed by atoms with Gasteiger partial charge in [-0.15, -0.1) is 0 Å². The van der Waals surface area contributed by atoms with E-state index in [4.69, 9.17) is 19.0 Å². The monoisotopic (exact) mass is 388 g/mol. The van der Waals surface area contributed by atoms with Crippen LogP contribution in [0.15, 0.2) is 50.7 Å². The van der Waals surface area contributed by atoms with E-state index in [9.17, 15) is 14.7 Å². The minimum Gasteiger partial charge on any atom is -0.504 e. The van der Waals surface area contributed by atoms with E-state index < -0.39 is 18.2 Å². The second kappa shape index (κ2) is 9.64. The summed E-state index contributed by atoms with van der Waals surface area (Å²) in [7, 11) is 0. The zero-order chi connectivity index (χ0) is 20.7. The number of hydrogen-bond donors (Lipinski definition) is 2. The summed E-state index contributed by atoms with van der Waals surface area (Å²) < 4.78 is 15.7. The van der Waals surface area contributed by atoms with Crippen LogP contribution in [0.25, 0.3) is 11.0 Å². The van der Waals surface area contributed by atoms with Crippen molar-refractivity contribution in [3.8, 4) is 17.2 Å². The highest BCUT2D eigenvalue weighted by molar-refractivity contribution is 5.89. The number of para-hydroxylation sites is 1. The first-order valence-electron chi connectivity index (χ1n) is 8.84. The normalized spacial score (nSPS) is 11.3. The number of hydrogen-bond acceptors (Lipinski definition) is 6. The van der Waals surface area contributed by atoms with E-state index in [0.717, 1.165) is 18.4 Å². The highest BCUT2D eigenvalue weighted by Gasteiger charge is 2.18. The maximum absolute atomic E-state index is 12.2. The van der Waals surface area contributed by atoms with Gasteiger partial charge in [0.15, 0.2) is 23.7 Å². The summed E-state index contributed by atoms with van der Waals surface area (Å²) in [4.78, 5) is 22.9. The van der Waals surface area contributed by atoms with E-state index in [1.165, 1.54) is 17.7 Å². The topological polar surface area (TPSA) is 106 Å². The number of benzene rings is 1. The Hall–Kier alpha value is -3.22. The zero-order valence-electron chi connectivity index (χ0n) is 16.2. The molecule has 7 heteroatoms. The maximum atomic E-state index is 12.2. The Morgan fingerprint density at radius 3 is 2.61 bits per heavy atom. The van der Waals surface area contributed by atoms with Gasteiger partial charge in [-0.25, -0.2) is 9.59 Å². The number of rotatable bonds is 9. The Morgan fingerprint density at radius 2 is 1.93 bits per heavy atom. The fourth-order valence-electron chi connectivity index (χ4n) is 2.50. The molecule has 0 saturated carbocycles. The number of carboxylic acid groups (broad SMARTS) is 1. The average Bonchev–Trinajstić information content (AvgIpc) is 2.62. The van der Waals surface area contributed by atoms with Crippen LogP contribution in [-0.4, -0.2) is 29.4 Å². The van der Waals surface area contributed by atoms with Crippen LogP contribution in [0.2, 0.25) is 0 Å². The molecule has 2 rings (SSSR count). The molecular weight excluding hydrogens is 364 g/mol. The van der Waals surface area contributed by atoms with Crippen molar-refractivity contribution in [3.05, 3.63) is 51.9 Å². The lowest BCUT2D eigenvalue weighted by Gasteiger charge is -2.10. The molecule has 0 saturated heterocycles. The van der Waals surface area contributed by atoms with E-state index in [1.807, 2.05) is 26.8 Å². The molecular formula is C21H24O7. The lowest BCUT2D eigenvalue weighted by Crippen LogP contribution is -2.11. The number of aromatic hydroxyl groups is 1. The molecule has 150 valence electrons. The van der Waals surface area contributed by atoms with Gasteiger partial charge in [0.25, 0.3) is 0 Å². The van der Waals surface area contributed by atoms with Gasteiger partial charge in [-0.1, -0.05) is 23.3 Å². The summed E-state index contributed by atoms with van der Waals surface area (Å²) in [5.74, 6) is -1.79. The molecule has 1 aromatic carbocycles. The van der Waals surface area contributed by atoms with Crippen molar-refractivity contribution >= 4 is 16.9 Å². The maximum Gasteiger partial charge on any atom is 0.383 e. The Labute approximate surface area is 162 Å². The minimum atomic E-state index is -1.17. The van der Waals surface area contributed by atoms with Gasteiger partial charge in [-0.05, 0) is 51.8 Å². The third-order valence-corrected chi connectivity index (χ3v) is 3.93. The van der Waals surface area contributed by atoms with Gasteiger partial charge in [0.2, 0.25) is 5.75 Å². The molecule has 0 amide bonds. The average molecular weight is 388 g/mol. The van der Waals surface area contributed by atoms with Crippen molar-refractivity contribution in [1.82, 2.24) is 0 Å². The highest BCUT2D eigenvalue weighted by atomic mass is 16.5. The molecule has 7 nitrogen and oxygen atoms in total. The predicted octanol–water partition coefficient (Wildman–Crippen LogP) is 4.03. The second-order valence-corrected chi connectivity index (χ2v) is 6.56. The standard InChI is InChI=1S/C21H24O7/c1-13(2)6-4-7-14(3)10-11-26-20-18(24)15-8-5-9-16(27-12-17(22)23)19(15)28-21(20)25/h5-6,8-10,24H,4,7,11-12H2,1-3H3,(H,22,23)/b14-10+. The van der Waals surface area contributed by atoms with Gasteiger partial charge in [0, 0.05) is 0 Å². The van der Waals surface area contributed by atoms with Gasteiger partial charge in [-0.3, -0.25) is 0 Å². The molecule has 1 aromatic heterocycles. The third-order valence-electron chi connectivity index (χ3n) is 3.93. The van der Waals surface area contributed by atoms with Crippen LogP contribution < -0.4 is 15.1 Å². The predicted molar refractivity (Wildman–Crippen MR) is 105 cm³/mol. The molecule has 0 unspecified atom stereocenters. The molecule has 0 aliphatic rings. The van der Waals surface area contributed by atoms with E-state index in [2.05, 4.69) is 6.08 Å². The molecule has 0 atom stereocenters. The summed E-state index contributed by atoms with van der Waals surface area (Å²) in [6.45, 7) is 5.57. The summed E-state index contributed by atoms with van der Waals surface area (Å²) >= 11 is 0. The van der Waals surface area contributed by atoms with Crippen molar-refractivity contribution in [3.63, 3.8) is 0 Å². The van der Waals surface area contributed by atoms with Crippen LogP contribution in [0.5, 0.6) is 17.2 Å². The van der Waals surface area contributed by atoms with Gasteiger partial charge in [0.1, 0.15) is 6.61 Å². The first-order valence-corrected chi connectivity index (χ1v) is 8.84. The van der Waals surface area contributed by atoms with E-state index in [0.29, 0.717) is 0 Å². The van der Waals surface area contributed by atoms with E-state index in [-0.39, 0.29) is 34.8 Å². The third kappa shape index (κ3) is 5.64. The van der Waals surface area contributed by atoms with Crippen LogP contribution in [0.1, 0.15) is 33.6 Å². The molecule has 0 spiro atoms. The van der Waals surface area contributed by atoms with Crippen LogP contribution >= 0.6 is 0 Å². The number of aliphatic carboxylic acids is 1. The molecule has 0 radical (unpaired) electrons. The smallest absolute Gasteiger partial charge is 0.383 e. The summed E-state index contributed by atoms with van der Waals surface area (Å²) in [6.07, 6.45) is 5.78. The minimum absolute atomic E-state index is 0.0351. The molecule has 28 heavy (non-hydrogen) atoms. The second-order valence-electron chi connectivity index (χ2n) is 6.56. The van der Waals surface area contributed by atoms with Crippen molar-refractivity contribution in [2.45, 2.75) is 33.6 Å².